The molecule has 0 amide bonds. The van der Waals surface area contributed by atoms with Gasteiger partial charge in [-0.15, -0.1) is 0 Å². The number of hydrogen-bond acceptors (Lipinski definition) is 3. The molecule has 2 aliphatic rings. The van der Waals surface area contributed by atoms with Gasteiger partial charge in [-0.2, -0.15) is 0 Å². The number of nitrogens with zero attached hydrogens (tertiary/aromatic N) is 1. The molecule has 110 valence electrons. The molecule has 0 spiro atoms. The summed E-state index contributed by atoms with van der Waals surface area (Å²) >= 11 is 0. The van der Waals surface area contributed by atoms with Crippen molar-refractivity contribution < 1.29 is 4.74 Å². The lowest BCUT2D eigenvalue weighted by Crippen LogP contribution is -2.42. The van der Waals surface area contributed by atoms with Gasteiger partial charge in [-0.25, -0.2) is 4.98 Å². The van der Waals surface area contributed by atoms with Crippen molar-refractivity contribution >= 4 is 0 Å². The maximum absolute atomic E-state index is 5.95. The molecule has 0 saturated heterocycles. The molecule has 3 nitrogen and oxygen atoms in total. The fourth-order valence-electron chi connectivity index (χ4n) is 3.54. The van der Waals surface area contributed by atoms with Gasteiger partial charge < -0.3 is 10.1 Å². The number of nitrogens with one attached hydrogen (secondary N) is 1. The van der Waals surface area contributed by atoms with Crippen LogP contribution in [0.25, 0.3) is 0 Å². The summed E-state index contributed by atoms with van der Waals surface area (Å²) < 4.78 is 5.95. The van der Waals surface area contributed by atoms with Crippen LogP contribution in [0.4, 0.5) is 0 Å². The Morgan fingerprint density at radius 3 is 2.35 bits per heavy atom. The van der Waals surface area contributed by atoms with Crippen LogP contribution in [0.1, 0.15) is 57.8 Å². The molecular weight excluding hydrogens is 248 g/mol. The zero-order chi connectivity index (χ0) is 13.6. The lowest BCUT2D eigenvalue weighted by atomic mass is 9.89. The van der Waals surface area contributed by atoms with Crippen LogP contribution < -0.4 is 10.1 Å². The predicted molar refractivity (Wildman–Crippen MR) is 80.9 cm³/mol. The lowest BCUT2D eigenvalue weighted by Gasteiger charge is -2.33. The van der Waals surface area contributed by atoms with Crippen LogP contribution in [0.5, 0.6) is 5.88 Å². The molecule has 3 heteroatoms. The zero-order valence-electron chi connectivity index (χ0n) is 12.3. The molecule has 1 aromatic rings. The van der Waals surface area contributed by atoms with Gasteiger partial charge in [-0.05, 0) is 44.6 Å². The minimum absolute atomic E-state index is 0.356. The van der Waals surface area contributed by atoms with Crippen molar-refractivity contribution in [1.29, 1.82) is 0 Å². The van der Waals surface area contributed by atoms with Crippen molar-refractivity contribution in [3.8, 4) is 5.88 Å². The predicted octanol–water partition coefficient (Wildman–Crippen LogP) is 3.69. The fraction of sp³-hybridized carbons (Fsp3) is 0.706. The SMILES string of the molecule is c1ccc(OC2CCC(NC3CCCCC3)CC2)nc1. The Hall–Kier alpha value is -1.09. The van der Waals surface area contributed by atoms with Gasteiger partial charge in [0.25, 0.3) is 0 Å². The number of rotatable bonds is 4. The van der Waals surface area contributed by atoms with Gasteiger partial charge in [0.1, 0.15) is 6.10 Å². The normalized spacial score (nSPS) is 28.2. The number of hydrogen-bond donors (Lipinski definition) is 1. The molecule has 1 aromatic heterocycles. The van der Waals surface area contributed by atoms with Gasteiger partial charge in [0.05, 0.1) is 0 Å². The van der Waals surface area contributed by atoms with Crippen LogP contribution in [0.3, 0.4) is 0 Å². The number of ether oxygens (including phenoxy) is 1. The lowest BCUT2D eigenvalue weighted by molar-refractivity contribution is 0.129. The third-order valence-electron chi connectivity index (χ3n) is 4.68. The monoisotopic (exact) mass is 274 g/mol. The Balaban J connectivity index is 1.40. The van der Waals surface area contributed by atoms with E-state index < -0.39 is 0 Å². The van der Waals surface area contributed by atoms with Gasteiger partial charge in [-0.1, -0.05) is 25.3 Å². The third-order valence-corrected chi connectivity index (χ3v) is 4.68. The molecule has 0 unspecified atom stereocenters. The van der Waals surface area contributed by atoms with E-state index in [2.05, 4.69) is 10.3 Å². The highest BCUT2D eigenvalue weighted by Gasteiger charge is 2.25. The van der Waals surface area contributed by atoms with Crippen molar-refractivity contribution in [1.82, 2.24) is 10.3 Å². The van der Waals surface area contributed by atoms with Crippen LogP contribution in [0, 0.1) is 0 Å². The van der Waals surface area contributed by atoms with E-state index in [9.17, 15) is 0 Å². The number of aromatic nitrogens is 1. The molecule has 1 N–H and O–H groups in total. The first-order valence-electron chi connectivity index (χ1n) is 8.24. The molecule has 3 rings (SSSR count). The van der Waals surface area contributed by atoms with E-state index in [4.69, 9.17) is 4.74 Å². The van der Waals surface area contributed by atoms with Crippen molar-refractivity contribution in [2.24, 2.45) is 0 Å². The van der Waals surface area contributed by atoms with E-state index in [1.807, 2.05) is 18.2 Å². The Morgan fingerprint density at radius 2 is 1.65 bits per heavy atom. The summed E-state index contributed by atoms with van der Waals surface area (Å²) in [7, 11) is 0. The van der Waals surface area contributed by atoms with Crippen LogP contribution in [-0.4, -0.2) is 23.2 Å². The molecule has 2 aliphatic carbocycles. The molecule has 1 heterocycles. The van der Waals surface area contributed by atoms with E-state index in [1.54, 1.807) is 6.20 Å². The van der Waals surface area contributed by atoms with E-state index >= 15 is 0 Å². The topological polar surface area (TPSA) is 34.1 Å². The molecule has 0 aromatic carbocycles. The summed E-state index contributed by atoms with van der Waals surface area (Å²) in [6.07, 6.45) is 14.0. The molecule has 0 aliphatic heterocycles. The first-order valence-corrected chi connectivity index (χ1v) is 8.24. The second kappa shape index (κ2) is 7.07. The zero-order valence-corrected chi connectivity index (χ0v) is 12.3. The first kappa shape index (κ1) is 13.9. The highest BCUT2D eigenvalue weighted by molar-refractivity contribution is 5.09. The Morgan fingerprint density at radius 1 is 0.900 bits per heavy atom. The minimum Gasteiger partial charge on any atom is -0.474 e. The maximum atomic E-state index is 5.95. The van der Waals surface area contributed by atoms with Crippen molar-refractivity contribution in [2.45, 2.75) is 76.0 Å². The van der Waals surface area contributed by atoms with E-state index in [-0.39, 0.29) is 0 Å². The quantitative estimate of drug-likeness (QED) is 0.909. The summed E-state index contributed by atoms with van der Waals surface area (Å²) in [6, 6.07) is 7.35. The minimum atomic E-state index is 0.356. The summed E-state index contributed by atoms with van der Waals surface area (Å²) in [5, 5.41) is 3.87. The molecular formula is C17H26N2O. The average Bonchev–Trinajstić information content (AvgIpc) is 2.51. The smallest absolute Gasteiger partial charge is 0.213 e. The van der Waals surface area contributed by atoms with Crippen molar-refractivity contribution in [3.05, 3.63) is 24.4 Å². The largest absolute Gasteiger partial charge is 0.474 e. The number of pyridine rings is 1. The van der Waals surface area contributed by atoms with E-state index in [0.717, 1.165) is 24.8 Å². The third kappa shape index (κ3) is 3.95. The van der Waals surface area contributed by atoms with Crippen LogP contribution >= 0.6 is 0 Å². The molecule has 20 heavy (non-hydrogen) atoms. The van der Waals surface area contributed by atoms with Gasteiger partial charge in [0.15, 0.2) is 0 Å². The van der Waals surface area contributed by atoms with Crippen molar-refractivity contribution in [2.75, 3.05) is 0 Å². The van der Waals surface area contributed by atoms with Crippen LogP contribution in [0.15, 0.2) is 24.4 Å². The molecule has 0 bridgehead atoms. The van der Waals surface area contributed by atoms with E-state index in [0.29, 0.717) is 12.1 Å². The second-order valence-electron chi connectivity index (χ2n) is 6.26. The highest BCUT2D eigenvalue weighted by Crippen LogP contribution is 2.25. The standard InChI is InChI=1S/C17H26N2O/c1-2-6-14(7-3-1)19-15-9-11-16(12-10-15)20-17-8-4-5-13-18-17/h4-5,8,13-16,19H,1-3,6-7,9-12H2. The van der Waals surface area contributed by atoms with Gasteiger partial charge >= 0.3 is 0 Å². The summed E-state index contributed by atoms with van der Waals surface area (Å²) in [6.45, 7) is 0. The molecule has 0 atom stereocenters. The maximum Gasteiger partial charge on any atom is 0.213 e. The summed E-state index contributed by atoms with van der Waals surface area (Å²) in [5.41, 5.74) is 0. The molecule has 2 saturated carbocycles. The van der Waals surface area contributed by atoms with Crippen LogP contribution in [-0.2, 0) is 0 Å². The molecule has 2 fully saturated rings. The second-order valence-corrected chi connectivity index (χ2v) is 6.26. The fourth-order valence-corrected chi connectivity index (χ4v) is 3.54. The Bertz CT molecular complexity index is 381. The van der Waals surface area contributed by atoms with Crippen LogP contribution in [0.2, 0.25) is 0 Å². The van der Waals surface area contributed by atoms with Gasteiger partial charge in [0, 0.05) is 24.3 Å². The summed E-state index contributed by atoms with van der Waals surface area (Å²) in [5.74, 6) is 0.774. The Labute approximate surface area is 122 Å². The van der Waals surface area contributed by atoms with Crippen molar-refractivity contribution in [3.63, 3.8) is 0 Å². The van der Waals surface area contributed by atoms with E-state index in [1.165, 1.54) is 44.9 Å². The van der Waals surface area contributed by atoms with Gasteiger partial charge in [0.2, 0.25) is 5.88 Å². The average molecular weight is 274 g/mol. The summed E-state index contributed by atoms with van der Waals surface area (Å²) in [4.78, 5) is 4.25. The van der Waals surface area contributed by atoms with Gasteiger partial charge in [-0.3, -0.25) is 0 Å². The highest BCUT2D eigenvalue weighted by atomic mass is 16.5. The molecule has 0 radical (unpaired) electrons. The first-order chi connectivity index (χ1) is 9.90. The Kier molecular flexibility index (Phi) is 4.91.